The van der Waals surface area contributed by atoms with E-state index in [0.29, 0.717) is 37.6 Å². The second-order valence-corrected chi connectivity index (χ2v) is 8.14. The van der Waals surface area contributed by atoms with E-state index in [1.165, 1.54) is 12.8 Å². The Labute approximate surface area is 154 Å². The number of nitrogens with one attached hydrogen (secondary N) is 1. The zero-order valence-corrected chi connectivity index (χ0v) is 15.7. The summed E-state index contributed by atoms with van der Waals surface area (Å²) in [4.78, 5) is 26.6. The van der Waals surface area contributed by atoms with E-state index in [9.17, 15) is 9.59 Å². The number of likely N-dealkylation sites (tertiary alicyclic amines) is 1. The summed E-state index contributed by atoms with van der Waals surface area (Å²) in [5.41, 5.74) is 1.35. The third kappa shape index (κ3) is 3.37. The van der Waals surface area contributed by atoms with Gasteiger partial charge in [-0.25, -0.2) is 0 Å². The molecule has 1 N–H and O–H groups in total. The molecule has 3 fully saturated rings. The first kappa shape index (κ1) is 17.5. The third-order valence-corrected chi connectivity index (χ3v) is 5.92. The van der Waals surface area contributed by atoms with Gasteiger partial charge < -0.3 is 15.0 Å². The summed E-state index contributed by atoms with van der Waals surface area (Å²) in [5.74, 6) is 1.13. The molecule has 1 aliphatic carbocycles. The van der Waals surface area contributed by atoms with Crippen molar-refractivity contribution in [3.8, 4) is 0 Å². The van der Waals surface area contributed by atoms with E-state index in [1.807, 2.05) is 23.4 Å². The molecule has 2 saturated heterocycles. The molecule has 3 aliphatic rings. The summed E-state index contributed by atoms with van der Waals surface area (Å²) >= 11 is 0. The zero-order valence-electron chi connectivity index (χ0n) is 15.7. The lowest BCUT2D eigenvalue weighted by Gasteiger charge is -2.47. The Morgan fingerprint density at radius 1 is 1.35 bits per heavy atom. The minimum atomic E-state index is -0.244. The topological polar surface area (TPSA) is 76.5 Å². The molecule has 1 atom stereocenters. The van der Waals surface area contributed by atoms with Crippen LogP contribution in [-0.2, 0) is 16.1 Å². The van der Waals surface area contributed by atoms with E-state index >= 15 is 0 Å². The average Bonchev–Trinajstić information content (AvgIpc) is 3.21. The molecule has 1 spiro atoms. The van der Waals surface area contributed by atoms with E-state index in [2.05, 4.69) is 10.4 Å². The number of rotatable bonds is 6. The van der Waals surface area contributed by atoms with Crippen LogP contribution < -0.4 is 5.32 Å². The number of ether oxygens (including phenoxy) is 1. The van der Waals surface area contributed by atoms with Crippen molar-refractivity contribution in [2.45, 2.75) is 51.7 Å². The largest absolute Gasteiger partial charge is 0.371 e. The van der Waals surface area contributed by atoms with Crippen molar-refractivity contribution in [3.63, 3.8) is 0 Å². The van der Waals surface area contributed by atoms with Crippen LogP contribution in [0.2, 0.25) is 0 Å². The Morgan fingerprint density at radius 2 is 2.12 bits per heavy atom. The monoisotopic (exact) mass is 360 g/mol. The fraction of sp³-hybridized carbons (Fsp3) is 0.737. The maximum Gasteiger partial charge on any atom is 0.257 e. The Hall–Kier alpha value is -1.89. The van der Waals surface area contributed by atoms with E-state index < -0.39 is 0 Å². The van der Waals surface area contributed by atoms with E-state index in [0.717, 1.165) is 25.2 Å². The summed E-state index contributed by atoms with van der Waals surface area (Å²) in [6.45, 7) is 7.38. The maximum absolute atomic E-state index is 12.7. The summed E-state index contributed by atoms with van der Waals surface area (Å²) in [7, 11) is 0. The van der Waals surface area contributed by atoms with Crippen LogP contribution in [-0.4, -0.2) is 58.3 Å². The van der Waals surface area contributed by atoms with Gasteiger partial charge in [-0.05, 0) is 44.9 Å². The van der Waals surface area contributed by atoms with Gasteiger partial charge in [0.2, 0.25) is 5.91 Å². The van der Waals surface area contributed by atoms with Crippen LogP contribution in [0.4, 0.5) is 0 Å². The molecular formula is C19H28N4O3. The number of amides is 2. The number of aryl methyl sites for hydroxylation is 1. The van der Waals surface area contributed by atoms with Gasteiger partial charge in [0, 0.05) is 25.2 Å². The summed E-state index contributed by atoms with van der Waals surface area (Å²) < 4.78 is 7.84. The summed E-state index contributed by atoms with van der Waals surface area (Å²) in [6.07, 6.45) is 5.55. The molecule has 1 unspecified atom stereocenters. The third-order valence-electron chi connectivity index (χ3n) is 5.92. The van der Waals surface area contributed by atoms with Crippen molar-refractivity contribution in [2.24, 2.45) is 11.8 Å². The molecule has 2 amide bonds. The van der Waals surface area contributed by atoms with Crippen molar-refractivity contribution >= 4 is 11.8 Å². The van der Waals surface area contributed by atoms with Gasteiger partial charge in [-0.1, -0.05) is 0 Å². The van der Waals surface area contributed by atoms with Crippen molar-refractivity contribution in [2.75, 3.05) is 26.2 Å². The molecule has 3 heterocycles. The van der Waals surface area contributed by atoms with Crippen molar-refractivity contribution < 1.29 is 14.3 Å². The highest BCUT2D eigenvalue weighted by atomic mass is 16.5. The highest BCUT2D eigenvalue weighted by Crippen LogP contribution is 2.39. The molecule has 142 valence electrons. The molecule has 7 nitrogen and oxygen atoms in total. The van der Waals surface area contributed by atoms with E-state index in [1.54, 1.807) is 6.20 Å². The number of aromatic nitrogens is 2. The molecular weight excluding hydrogens is 332 g/mol. The van der Waals surface area contributed by atoms with E-state index in [-0.39, 0.29) is 23.3 Å². The lowest BCUT2D eigenvalue weighted by molar-refractivity contribution is -0.122. The number of carbonyl (C=O) groups excluding carboxylic acids is 2. The number of hydrogen-bond acceptors (Lipinski definition) is 4. The molecule has 7 heteroatoms. The summed E-state index contributed by atoms with van der Waals surface area (Å²) in [6, 6.07) is 0. The van der Waals surface area contributed by atoms with Crippen LogP contribution in [0.15, 0.2) is 6.20 Å². The number of nitrogens with zero attached hydrogens (tertiary/aromatic N) is 3. The molecule has 2 aliphatic heterocycles. The van der Waals surface area contributed by atoms with E-state index in [4.69, 9.17) is 4.74 Å². The highest BCUT2D eigenvalue weighted by Gasteiger charge is 2.51. The van der Waals surface area contributed by atoms with Crippen LogP contribution in [0.1, 0.15) is 48.7 Å². The molecule has 0 bridgehead atoms. The second-order valence-electron chi connectivity index (χ2n) is 8.14. The van der Waals surface area contributed by atoms with Gasteiger partial charge in [-0.15, -0.1) is 0 Å². The molecule has 1 aromatic heterocycles. The van der Waals surface area contributed by atoms with Gasteiger partial charge in [-0.2, -0.15) is 5.10 Å². The quantitative estimate of drug-likeness (QED) is 0.831. The first-order valence-electron chi connectivity index (χ1n) is 9.72. The zero-order chi connectivity index (χ0) is 18.3. The molecule has 0 radical (unpaired) electrons. The van der Waals surface area contributed by atoms with Gasteiger partial charge in [0.05, 0.1) is 31.5 Å². The molecule has 4 rings (SSSR count). The molecule has 1 aromatic rings. The average molecular weight is 360 g/mol. The second kappa shape index (κ2) is 6.68. The summed E-state index contributed by atoms with van der Waals surface area (Å²) in [5, 5.41) is 7.29. The first-order chi connectivity index (χ1) is 12.5. The Morgan fingerprint density at radius 3 is 2.77 bits per heavy atom. The fourth-order valence-electron chi connectivity index (χ4n) is 4.14. The fourth-order valence-corrected chi connectivity index (χ4v) is 4.14. The minimum Gasteiger partial charge on any atom is -0.371 e. The van der Waals surface area contributed by atoms with Crippen LogP contribution in [0.5, 0.6) is 0 Å². The molecule has 0 aromatic carbocycles. The predicted octanol–water partition coefficient (Wildman–Crippen LogP) is 1.36. The van der Waals surface area contributed by atoms with Crippen molar-refractivity contribution in [3.05, 3.63) is 17.5 Å². The van der Waals surface area contributed by atoms with Crippen molar-refractivity contribution in [1.82, 2.24) is 20.0 Å². The highest BCUT2D eigenvalue weighted by molar-refractivity contribution is 5.95. The molecule has 1 saturated carbocycles. The standard InChI is InChI=1S/C19H28N4O3/c1-3-23-13(2)16(9-21-23)18(25)22-11-19(12-22)7-15(10-26-19)6-17(24)20-8-14-4-5-14/h9,14-15H,3-8,10-12H2,1-2H3,(H,20,24). The SMILES string of the molecule is CCn1ncc(C(=O)N2CC3(CC(CC(=O)NCC4CC4)CO3)C2)c1C. The lowest BCUT2D eigenvalue weighted by Crippen LogP contribution is -2.63. The van der Waals surface area contributed by atoms with Crippen LogP contribution >= 0.6 is 0 Å². The normalized spacial score (nSPS) is 23.9. The van der Waals surface area contributed by atoms with Gasteiger partial charge in [0.25, 0.3) is 5.91 Å². The van der Waals surface area contributed by atoms with Crippen LogP contribution in [0.3, 0.4) is 0 Å². The smallest absolute Gasteiger partial charge is 0.257 e. The predicted molar refractivity (Wildman–Crippen MR) is 95.7 cm³/mol. The first-order valence-corrected chi connectivity index (χ1v) is 9.72. The lowest BCUT2D eigenvalue weighted by atomic mass is 9.85. The number of hydrogen-bond donors (Lipinski definition) is 1. The van der Waals surface area contributed by atoms with Crippen molar-refractivity contribution in [1.29, 1.82) is 0 Å². The number of carbonyl (C=O) groups is 2. The molecule has 26 heavy (non-hydrogen) atoms. The van der Waals surface area contributed by atoms with Gasteiger partial charge >= 0.3 is 0 Å². The van der Waals surface area contributed by atoms with Gasteiger partial charge in [-0.3, -0.25) is 14.3 Å². The van der Waals surface area contributed by atoms with Gasteiger partial charge in [0.15, 0.2) is 0 Å². The van der Waals surface area contributed by atoms with Crippen LogP contribution in [0, 0.1) is 18.8 Å². The minimum absolute atomic E-state index is 0.0297. The Kier molecular flexibility index (Phi) is 4.50. The maximum atomic E-state index is 12.7. The Bertz CT molecular complexity index is 704. The Balaban J connectivity index is 1.26. The van der Waals surface area contributed by atoms with Crippen LogP contribution in [0.25, 0.3) is 0 Å². The van der Waals surface area contributed by atoms with Gasteiger partial charge in [0.1, 0.15) is 5.60 Å².